The number of thiophene rings is 1. The summed E-state index contributed by atoms with van der Waals surface area (Å²) in [6, 6.07) is 13.9. The Kier molecular flexibility index (Phi) is 6.14. The van der Waals surface area contributed by atoms with E-state index in [2.05, 4.69) is 22.8 Å². The van der Waals surface area contributed by atoms with Gasteiger partial charge in [0.15, 0.2) is 11.5 Å². The molecule has 3 aromatic rings. The van der Waals surface area contributed by atoms with Crippen LogP contribution in [0.4, 0.5) is 0 Å². The molecule has 0 aliphatic rings. The number of methoxy groups -OCH3 is 2. The molecule has 0 aliphatic carbocycles. The maximum atomic E-state index is 12.2. The van der Waals surface area contributed by atoms with Crippen molar-refractivity contribution in [3.05, 3.63) is 65.0 Å². The summed E-state index contributed by atoms with van der Waals surface area (Å²) in [7, 11) is 3.19. The summed E-state index contributed by atoms with van der Waals surface area (Å²) in [5, 5.41) is 6.47. The molecular weight excluding hydrogens is 358 g/mol. The minimum atomic E-state index is -0.114. The SMILES string of the molecule is COc1ccc(/C=C/C(=O)NC(C)Cc2csc3ccccc23)cc1OC. The first-order valence-corrected chi connectivity index (χ1v) is 9.64. The van der Waals surface area contributed by atoms with Crippen molar-refractivity contribution in [2.75, 3.05) is 14.2 Å². The number of hydrogen-bond donors (Lipinski definition) is 1. The van der Waals surface area contributed by atoms with Gasteiger partial charge in [-0.25, -0.2) is 0 Å². The molecule has 0 radical (unpaired) electrons. The number of nitrogens with one attached hydrogen (secondary N) is 1. The molecule has 3 rings (SSSR count). The van der Waals surface area contributed by atoms with Crippen LogP contribution in [0.15, 0.2) is 53.9 Å². The second kappa shape index (κ2) is 8.73. The van der Waals surface area contributed by atoms with E-state index in [4.69, 9.17) is 9.47 Å². The van der Waals surface area contributed by atoms with E-state index in [0.717, 1.165) is 12.0 Å². The summed E-state index contributed by atoms with van der Waals surface area (Å²) < 4.78 is 11.8. The smallest absolute Gasteiger partial charge is 0.244 e. The zero-order chi connectivity index (χ0) is 19.2. The molecule has 1 aromatic heterocycles. The summed E-state index contributed by atoms with van der Waals surface area (Å²) in [5.74, 6) is 1.19. The van der Waals surface area contributed by atoms with Crippen LogP contribution in [-0.4, -0.2) is 26.2 Å². The van der Waals surface area contributed by atoms with Gasteiger partial charge in [0.25, 0.3) is 0 Å². The molecule has 27 heavy (non-hydrogen) atoms. The average molecular weight is 381 g/mol. The van der Waals surface area contributed by atoms with E-state index >= 15 is 0 Å². The van der Waals surface area contributed by atoms with Crippen molar-refractivity contribution in [1.29, 1.82) is 0 Å². The van der Waals surface area contributed by atoms with Gasteiger partial charge in [0.05, 0.1) is 14.2 Å². The van der Waals surface area contributed by atoms with Crippen molar-refractivity contribution in [3.8, 4) is 11.5 Å². The number of benzene rings is 2. The van der Waals surface area contributed by atoms with Gasteiger partial charge in [-0.3, -0.25) is 4.79 Å². The van der Waals surface area contributed by atoms with Gasteiger partial charge in [-0.15, -0.1) is 11.3 Å². The maximum absolute atomic E-state index is 12.2. The first-order chi connectivity index (χ1) is 13.1. The van der Waals surface area contributed by atoms with Crippen molar-refractivity contribution in [3.63, 3.8) is 0 Å². The fourth-order valence-electron chi connectivity index (χ4n) is 2.99. The number of hydrogen-bond acceptors (Lipinski definition) is 4. The number of rotatable bonds is 7. The Balaban J connectivity index is 1.60. The second-order valence-corrected chi connectivity index (χ2v) is 7.23. The van der Waals surface area contributed by atoms with Crippen LogP contribution >= 0.6 is 11.3 Å². The standard InChI is InChI=1S/C22H23NO3S/c1-15(12-17-14-27-21-7-5-4-6-18(17)21)23-22(24)11-9-16-8-10-19(25-2)20(13-16)26-3/h4-11,13-15H,12H2,1-3H3,(H,23,24)/b11-9+. The highest BCUT2D eigenvalue weighted by Crippen LogP contribution is 2.28. The third-order valence-corrected chi connectivity index (χ3v) is 5.32. The van der Waals surface area contributed by atoms with Gasteiger partial charge < -0.3 is 14.8 Å². The Morgan fingerprint density at radius 2 is 1.93 bits per heavy atom. The first-order valence-electron chi connectivity index (χ1n) is 8.76. The molecule has 2 aromatic carbocycles. The number of carbonyl (C=O) groups is 1. The molecule has 0 bridgehead atoms. The van der Waals surface area contributed by atoms with Crippen LogP contribution in [0.25, 0.3) is 16.2 Å². The van der Waals surface area contributed by atoms with E-state index in [1.54, 1.807) is 37.7 Å². The van der Waals surface area contributed by atoms with Gasteiger partial charge in [0.1, 0.15) is 0 Å². The van der Waals surface area contributed by atoms with E-state index in [-0.39, 0.29) is 11.9 Å². The fraction of sp³-hybridized carbons (Fsp3) is 0.227. The van der Waals surface area contributed by atoms with Crippen molar-refractivity contribution >= 4 is 33.4 Å². The highest BCUT2D eigenvalue weighted by Gasteiger charge is 2.10. The lowest BCUT2D eigenvalue weighted by atomic mass is 10.1. The number of fused-ring (bicyclic) bond motifs is 1. The first kappa shape index (κ1) is 19.0. The van der Waals surface area contributed by atoms with Crippen molar-refractivity contribution in [2.24, 2.45) is 0 Å². The van der Waals surface area contributed by atoms with Crippen LogP contribution < -0.4 is 14.8 Å². The molecule has 0 saturated heterocycles. The predicted octanol–water partition coefficient (Wildman–Crippen LogP) is 4.68. The molecule has 5 heteroatoms. The van der Waals surface area contributed by atoms with E-state index in [9.17, 15) is 4.79 Å². The Bertz CT molecular complexity index is 961. The average Bonchev–Trinajstić information content (AvgIpc) is 3.09. The fourth-order valence-corrected chi connectivity index (χ4v) is 3.97. The predicted molar refractivity (Wildman–Crippen MR) is 112 cm³/mol. The summed E-state index contributed by atoms with van der Waals surface area (Å²) >= 11 is 1.74. The van der Waals surface area contributed by atoms with Crippen LogP contribution in [-0.2, 0) is 11.2 Å². The van der Waals surface area contributed by atoms with Crippen molar-refractivity contribution < 1.29 is 14.3 Å². The van der Waals surface area contributed by atoms with Crippen LogP contribution in [0.1, 0.15) is 18.1 Å². The van der Waals surface area contributed by atoms with Gasteiger partial charge in [0, 0.05) is 16.8 Å². The van der Waals surface area contributed by atoms with Crippen LogP contribution in [0.5, 0.6) is 11.5 Å². The van der Waals surface area contributed by atoms with Crippen LogP contribution in [0.3, 0.4) is 0 Å². The van der Waals surface area contributed by atoms with Crippen molar-refractivity contribution in [1.82, 2.24) is 5.32 Å². The third-order valence-electron chi connectivity index (χ3n) is 4.31. The lowest BCUT2D eigenvalue weighted by molar-refractivity contribution is -0.117. The molecule has 1 heterocycles. The number of carbonyl (C=O) groups excluding carboxylic acids is 1. The number of ether oxygens (including phenoxy) is 2. The molecule has 0 aliphatic heterocycles. The summed E-state index contributed by atoms with van der Waals surface area (Å²) in [6.07, 6.45) is 4.12. The minimum absolute atomic E-state index is 0.0468. The van der Waals surface area contributed by atoms with E-state index < -0.39 is 0 Å². The molecule has 1 amide bonds. The highest BCUT2D eigenvalue weighted by molar-refractivity contribution is 7.17. The zero-order valence-corrected chi connectivity index (χ0v) is 16.5. The Hall–Kier alpha value is -2.79. The van der Waals surface area contributed by atoms with Crippen LogP contribution in [0, 0.1) is 0 Å². The molecule has 1 atom stereocenters. The van der Waals surface area contributed by atoms with E-state index in [1.807, 2.05) is 37.3 Å². The molecule has 1 unspecified atom stereocenters. The lowest BCUT2D eigenvalue weighted by Gasteiger charge is -2.12. The summed E-state index contributed by atoms with van der Waals surface area (Å²) in [6.45, 7) is 2.02. The topological polar surface area (TPSA) is 47.6 Å². The van der Waals surface area contributed by atoms with Crippen molar-refractivity contribution in [2.45, 2.75) is 19.4 Å². The van der Waals surface area contributed by atoms with Gasteiger partial charge in [0.2, 0.25) is 5.91 Å². The molecule has 0 spiro atoms. The molecule has 0 saturated carbocycles. The Morgan fingerprint density at radius 3 is 2.70 bits per heavy atom. The molecule has 0 fully saturated rings. The minimum Gasteiger partial charge on any atom is -0.493 e. The maximum Gasteiger partial charge on any atom is 0.244 e. The molecular formula is C22H23NO3S. The van der Waals surface area contributed by atoms with E-state index in [0.29, 0.717) is 11.5 Å². The normalized spacial score (nSPS) is 12.3. The summed E-state index contributed by atoms with van der Waals surface area (Å²) in [5.41, 5.74) is 2.14. The lowest BCUT2D eigenvalue weighted by Crippen LogP contribution is -2.32. The quantitative estimate of drug-likeness (QED) is 0.605. The van der Waals surface area contributed by atoms with E-state index in [1.165, 1.54) is 15.6 Å². The van der Waals surface area contributed by atoms with Gasteiger partial charge in [-0.2, -0.15) is 0 Å². The third kappa shape index (κ3) is 4.68. The monoisotopic (exact) mass is 381 g/mol. The molecule has 140 valence electrons. The highest BCUT2D eigenvalue weighted by atomic mass is 32.1. The van der Waals surface area contributed by atoms with Gasteiger partial charge >= 0.3 is 0 Å². The van der Waals surface area contributed by atoms with Gasteiger partial charge in [-0.1, -0.05) is 24.3 Å². The van der Waals surface area contributed by atoms with Gasteiger partial charge in [-0.05, 0) is 59.5 Å². The Morgan fingerprint density at radius 1 is 1.15 bits per heavy atom. The molecule has 4 nitrogen and oxygen atoms in total. The van der Waals surface area contributed by atoms with Crippen LogP contribution in [0.2, 0.25) is 0 Å². The largest absolute Gasteiger partial charge is 0.493 e. The summed E-state index contributed by atoms with van der Waals surface area (Å²) in [4.78, 5) is 12.2. The second-order valence-electron chi connectivity index (χ2n) is 6.32. The number of amides is 1. The molecule has 1 N–H and O–H groups in total. The zero-order valence-electron chi connectivity index (χ0n) is 15.7. The Labute approximate surface area is 163 Å².